The highest BCUT2D eigenvalue weighted by molar-refractivity contribution is 5.90. The van der Waals surface area contributed by atoms with Gasteiger partial charge in [-0.1, -0.05) is 32.0 Å². The summed E-state index contributed by atoms with van der Waals surface area (Å²) in [5, 5.41) is 0. The van der Waals surface area contributed by atoms with Crippen LogP contribution >= 0.6 is 0 Å². The average Bonchev–Trinajstić information content (AvgIpc) is 3.83. The van der Waals surface area contributed by atoms with Crippen molar-refractivity contribution in [2.75, 3.05) is 27.2 Å². The maximum absolute atomic E-state index is 11.4. The van der Waals surface area contributed by atoms with Gasteiger partial charge in [-0.3, -0.25) is 24.5 Å². The molecule has 0 saturated carbocycles. The van der Waals surface area contributed by atoms with Crippen LogP contribution in [0.2, 0.25) is 0 Å². The van der Waals surface area contributed by atoms with E-state index in [9.17, 15) is 9.59 Å². The van der Waals surface area contributed by atoms with Crippen LogP contribution in [-0.4, -0.2) is 68.3 Å². The molecule has 0 unspecified atom stereocenters. The summed E-state index contributed by atoms with van der Waals surface area (Å²) >= 11 is 0. The molecule has 0 spiro atoms. The third-order valence-electron chi connectivity index (χ3n) is 7.91. The molecule has 0 aromatic carbocycles. The first-order chi connectivity index (χ1) is 22.5. The fourth-order valence-electron chi connectivity index (χ4n) is 5.94. The van der Waals surface area contributed by atoms with Crippen molar-refractivity contribution >= 4 is 23.6 Å². The van der Waals surface area contributed by atoms with Crippen LogP contribution in [-0.2, 0) is 13.1 Å². The van der Waals surface area contributed by atoms with E-state index >= 15 is 0 Å². The lowest BCUT2D eigenvalue weighted by Crippen LogP contribution is -2.18. The Kier molecular flexibility index (Phi) is 10.9. The standard InChI is InChI=1S/C19H19N3O.C17H17N3O.C2H6/c23-14-16-11-17-5-1-2-10-22(17)19(16)18-7-6-15(12-20-18)13-21-8-3-4-9-21;1-19(2)11-13-6-7-18-16(9-13)17-14(12-21)10-15-5-3-4-8-20(15)17;1-2/h1-2,5-7,10-12,14H,3-4,8-9,13H2;3-10,12H,11H2,1-2H3;1-2H3. The Labute approximate surface area is 271 Å². The first kappa shape index (κ1) is 32.5. The summed E-state index contributed by atoms with van der Waals surface area (Å²) in [4.78, 5) is 36.4. The van der Waals surface area contributed by atoms with Gasteiger partial charge in [-0.15, -0.1) is 0 Å². The van der Waals surface area contributed by atoms with Crippen LogP contribution in [0.4, 0.5) is 0 Å². The molecule has 0 aliphatic carbocycles. The lowest BCUT2D eigenvalue weighted by molar-refractivity contribution is 0.111. The Morgan fingerprint density at radius 3 is 1.87 bits per heavy atom. The van der Waals surface area contributed by atoms with Crippen LogP contribution in [0.1, 0.15) is 58.5 Å². The lowest BCUT2D eigenvalue weighted by atomic mass is 10.1. The van der Waals surface area contributed by atoms with Crippen molar-refractivity contribution in [2.24, 2.45) is 0 Å². The van der Waals surface area contributed by atoms with Gasteiger partial charge >= 0.3 is 0 Å². The molecule has 6 aromatic rings. The molecule has 7 rings (SSSR count). The van der Waals surface area contributed by atoms with Gasteiger partial charge in [-0.05, 0) is 106 Å². The van der Waals surface area contributed by atoms with Gasteiger partial charge in [0.1, 0.15) is 0 Å². The average molecular weight is 615 g/mol. The number of likely N-dealkylation sites (tertiary alicyclic amines) is 1. The SMILES string of the molecule is CC.CN(C)Cc1ccnc(-c2c(C=O)cc3ccccn23)c1.O=Cc1cc2ccccn2c1-c1ccc(CN2CCCC2)cn1. The van der Waals surface area contributed by atoms with Crippen LogP contribution in [0.3, 0.4) is 0 Å². The van der Waals surface area contributed by atoms with Crippen molar-refractivity contribution in [3.63, 3.8) is 0 Å². The molecule has 236 valence electrons. The zero-order valence-corrected chi connectivity index (χ0v) is 27.1. The summed E-state index contributed by atoms with van der Waals surface area (Å²) in [6.07, 6.45) is 12.0. The monoisotopic (exact) mass is 614 g/mol. The Hall–Kier alpha value is -4.92. The molecule has 1 saturated heterocycles. The van der Waals surface area contributed by atoms with Gasteiger partial charge in [0.15, 0.2) is 12.6 Å². The number of hydrogen-bond donors (Lipinski definition) is 0. The van der Waals surface area contributed by atoms with Crippen LogP contribution in [0.5, 0.6) is 0 Å². The van der Waals surface area contributed by atoms with Crippen molar-refractivity contribution < 1.29 is 9.59 Å². The Morgan fingerprint density at radius 1 is 0.717 bits per heavy atom. The fraction of sp³-hybridized carbons (Fsp3) is 0.263. The highest BCUT2D eigenvalue weighted by Crippen LogP contribution is 2.27. The quantitative estimate of drug-likeness (QED) is 0.167. The fourth-order valence-corrected chi connectivity index (χ4v) is 5.94. The number of carbonyl (C=O) groups is 2. The Morgan fingerprint density at radius 2 is 1.33 bits per heavy atom. The molecule has 0 bridgehead atoms. The van der Waals surface area contributed by atoms with E-state index < -0.39 is 0 Å². The van der Waals surface area contributed by atoms with E-state index in [1.807, 2.05) is 122 Å². The number of aromatic nitrogens is 4. The molecule has 0 atom stereocenters. The zero-order valence-electron chi connectivity index (χ0n) is 27.1. The van der Waals surface area contributed by atoms with Gasteiger partial charge in [0, 0.05) is 60.0 Å². The van der Waals surface area contributed by atoms with Crippen LogP contribution in [0.25, 0.3) is 33.8 Å². The highest BCUT2D eigenvalue weighted by atomic mass is 16.1. The molecule has 46 heavy (non-hydrogen) atoms. The van der Waals surface area contributed by atoms with Crippen molar-refractivity contribution in [3.8, 4) is 22.8 Å². The van der Waals surface area contributed by atoms with E-state index in [-0.39, 0.29) is 0 Å². The van der Waals surface area contributed by atoms with E-state index in [1.54, 1.807) is 6.20 Å². The number of fused-ring (bicyclic) bond motifs is 2. The minimum Gasteiger partial charge on any atom is -0.314 e. The van der Waals surface area contributed by atoms with Crippen LogP contribution < -0.4 is 0 Å². The van der Waals surface area contributed by atoms with Crippen molar-refractivity contribution in [1.29, 1.82) is 0 Å². The van der Waals surface area contributed by atoms with E-state index in [1.165, 1.54) is 37.1 Å². The minimum atomic E-state index is 0.663. The third-order valence-corrected chi connectivity index (χ3v) is 7.91. The molecule has 8 nitrogen and oxygen atoms in total. The van der Waals surface area contributed by atoms with Gasteiger partial charge in [0.05, 0.1) is 22.8 Å². The van der Waals surface area contributed by atoms with Gasteiger partial charge in [-0.25, -0.2) is 0 Å². The zero-order chi connectivity index (χ0) is 32.5. The molecule has 1 aliphatic rings. The number of rotatable bonds is 8. The maximum Gasteiger partial charge on any atom is 0.152 e. The number of pyridine rings is 4. The topological polar surface area (TPSA) is 75.2 Å². The summed E-state index contributed by atoms with van der Waals surface area (Å²) in [7, 11) is 4.06. The van der Waals surface area contributed by atoms with Crippen molar-refractivity contribution in [1.82, 2.24) is 28.6 Å². The molecule has 8 heteroatoms. The summed E-state index contributed by atoms with van der Waals surface area (Å²) in [5.74, 6) is 0. The third kappa shape index (κ3) is 7.30. The van der Waals surface area contributed by atoms with Gasteiger partial charge in [0.2, 0.25) is 0 Å². The second-order valence-corrected chi connectivity index (χ2v) is 11.4. The Bertz CT molecular complexity index is 1900. The molecule has 7 heterocycles. The second kappa shape index (κ2) is 15.4. The summed E-state index contributed by atoms with van der Waals surface area (Å²) in [5.41, 5.74) is 9.11. The van der Waals surface area contributed by atoms with Crippen LogP contribution in [0, 0.1) is 0 Å². The molecular formula is C38H42N6O2. The predicted molar refractivity (Wildman–Crippen MR) is 185 cm³/mol. The molecule has 6 aromatic heterocycles. The first-order valence-corrected chi connectivity index (χ1v) is 15.9. The first-order valence-electron chi connectivity index (χ1n) is 15.9. The highest BCUT2D eigenvalue weighted by Gasteiger charge is 2.15. The van der Waals surface area contributed by atoms with Gasteiger partial charge < -0.3 is 13.7 Å². The number of carbonyl (C=O) groups excluding carboxylic acids is 2. The number of nitrogens with zero attached hydrogens (tertiary/aromatic N) is 6. The second-order valence-electron chi connectivity index (χ2n) is 11.4. The number of aldehydes is 2. The number of hydrogen-bond acceptors (Lipinski definition) is 6. The van der Waals surface area contributed by atoms with E-state index in [2.05, 4.69) is 25.8 Å². The molecule has 0 radical (unpaired) electrons. The molecule has 1 aliphatic heterocycles. The lowest BCUT2D eigenvalue weighted by Gasteiger charge is -2.14. The minimum absolute atomic E-state index is 0.663. The normalized spacial score (nSPS) is 12.9. The molecule has 1 fully saturated rings. The Balaban J connectivity index is 0.000000173. The van der Waals surface area contributed by atoms with Gasteiger partial charge in [0.25, 0.3) is 0 Å². The molecule has 0 amide bonds. The van der Waals surface area contributed by atoms with E-state index in [0.717, 1.165) is 59.5 Å². The van der Waals surface area contributed by atoms with Crippen LogP contribution in [0.15, 0.2) is 97.6 Å². The van der Waals surface area contributed by atoms with Crippen molar-refractivity contribution in [3.05, 3.63) is 120 Å². The van der Waals surface area contributed by atoms with Crippen molar-refractivity contribution in [2.45, 2.75) is 39.8 Å². The summed E-state index contributed by atoms with van der Waals surface area (Å²) < 4.78 is 4.03. The summed E-state index contributed by atoms with van der Waals surface area (Å²) in [6.45, 7) is 8.17. The molecule has 0 N–H and O–H groups in total. The van der Waals surface area contributed by atoms with E-state index in [4.69, 9.17) is 0 Å². The smallest absolute Gasteiger partial charge is 0.152 e. The largest absolute Gasteiger partial charge is 0.314 e. The van der Waals surface area contributed by atoms with Gasteiger partial charge in [-0.2, -0.15) is 0 Å². The molecular weight excluding hydrogens is 572 g/mol. The predicted octanol–water partition coefficient (Wildman–Crippen LogP) is 7.31. The summed E-state index contributed by atoms with van der Waals surface area (Å²) in [6, 6.07) is 23.8. The maximum atomic E-state index is 11.4. The van der Waals surface area contributed by atoms with E-state index in [0.29, 0.717) is 11.1 Å².